The molecule has 0 saturated carbocycles. The van der Waals surface area contributed by atoms with Crippen molar-refractivity contribution < 1.29 is 4.79 Å². The second-order valence-corrected chi connectivity index (χ2v) is 5.76. The Balaban J connectivity index is 4.07. The maximum absolute atomic E-state index is 12.0. The van der Waals surface area contributed by atoms with E-state index >= 15 is 0 Å². The predicted octanol–water partition coefficient (Wildman–Crippen LogP) is 0.818. The summed E-state index contributed by atoms with van der Waals surface area (Å²) >= 11 is 0. The number of nitrogens with zero attached hydrogens (tertiary/aromatic N) is 1. The standard InChI is InChI=1S/C12H27N3O/c1-11(2,12(3,4)13)10(16)14-8-7-9-15(5)6/h7-9,13H2,1-6H3,(H,14,16). The largest absolute Gasteiger partial charge is 0.356 e. The Hall–Kier alpha value is -0.610. The second-order valence-electron chi connectivity index (χ2n) is 5.76. The number of nitrogens with one attached hydrogen (secondary N) is 1. The third kappa shape index (κ3) is 4.49. The minimum absolute atomic E-state index is 0.0266. The van der Waals surface area contributed by atoms with Gasteiger partial charge in [0.2, 0.25) is 5.91 Å². The van der Waals surface area contributed by atoms with E-state index in [-0.39, 0.29) is 5.91 Å². The Morgan fingerprint density at radius 1 is 1.25 bits per heavy atom. The smallest absolute Gasteiger partial charge is 0.227 e. The summed E-state index contributed by atoms with van der Waals surface area (Å²) in [6.07, 6.45) is 0.958. The Bertz CT molecular complexity index is 229. The van der Waals surface area contributed by atoms with Crippen LogP contribution in [0.4, 0.5) is 0 Å². The first-order valence-electron chi connectivity index (χ1n) is 5.81. The van der Waals surface area contributed by atoms with Gasteiger partial charge in [-0.2, -0.15) is 0 Å². The minimum atomic E-state index is -0.550. The Morgan fingerprint density at radius 2 is 1.75 bits per heavy atom. The van der Waals surface area contributed by atoms with E-state index in [0.29, 0.717) is 6.54 Å². The molecule has 16 heavy (non-hydrogen) atoms. The predicted molar refractivity (Wildman–Crippen MR) is 68.2 cm³/mol. The van der Waals surface area contributed by atoms with Crippen LogP contribution in [0.15, 0.2) is 0 Å². The number of rotatable bonds is 6. The number of amides is 1. The first kappa shape index (κ1) is 15.4. The molecule has 0 saturated heterocycles. The first-order chi connectivity index (χ1) is 7.09. The van der Waals surface area contributed by atoms with E-state index in [1.807, 2.05) is 41.8 Å². The maximum Gasteiger partial charge on any atom is 0.227 e. The van der Waals surface area contributed by atoms with E-state index in [2.05, 4.69) is 10.2 Å². The minimum Gasteiger partial charge on any atom is -0.356 e. The summed E-state index contributed by atoms with van der Waals surface area (Å²) in [5.41, 5.74) is 4.93. The molecule has 0 aromatic carbocycles. The highest BCUT2D eigenvalue weighted by Crippen LogP contribution is 2.28. The summed E-state index contributed by atoms with van der Waals surface area (Å²) in [5.74, 6) is 0.0266. The summed E-state index contributed by atoms with van der Waals surface area (Å²) in [6, 6.07) is 0. The van der Waals surface area contributed by atoms with E-state index in [4.69, 9.17) is 5.73 Å². The Kier molecular flexibility index (Phi) is 5.42. The van der Waals surface area contributed by atoms with Crippen LogP contribution in [-0.4, -0.2) is 43.5 Å². The van der Waals surface area contributed by atoms with E-state index in [0.717, 1.165) is 13.0 Å². The average molecular weight is 229 g/mol. The van der Waals surface area contributed by atoms with E-state index in [1.54, 1.807) is 0 Å². The van der Waals surface area contributed by atoms with Gasteiger partial charge in [-0.1, -0.05) is 0 Å². The molecule has 0 aliphatic rings. The van der Waals surface area contributed by atoms with Crippen molar-refractivity contribution in [2.24, 2.45) is 11.1 Å². The summed E-state index contributed by atoms with van der Waals surface area (Å²) in [4.78, 5) is 14.1. The molecule has 0 spiro atoms. The lowest BCUT2D eigenvalue weighted by Crippen LogP contribution is -2.55. The van der Waals surface area contributed by atoms with Crippen molar-refractivity contribution in [1.82, 2.24) is 10.2 Å². The summed E-state index contributed by atoms with van der Waals surface area (Å²) in [6.45, 7) is 9.21. The molecule has 96 valence electrons. The van der Waals surface area contributed by atoms with Crippen LogP contribution in [0.3, 0.4) is 0 Å². The van der Waals surface area contributed by atoms with E-state index in [1.165, 1.54) is 0 Å². The van der Waals surface area contributed by atoms with Gasteiger partial charge in [-0.15, -0.1) is 0 Å². The Morgan fingerprint density at radius 3 is 2.12 bits per heavy atom. The summed E-state index contributed by atoms with van der Waals surface area (Å²) in [7, 11) is 4.05. The third-order valence-electron chi connectivity index (χ3n) is 3.25. The molecule has 4 heteroatoms. The fourth-order valence-electron chi connectivity index (χ4n) is 1.11. The molecule has 0 aliphatic carbocycles. The number of hydrogen-bond donors (Lipinski definition) is 2. The van der Waals surface area contributed by atoms with Crippen LogP contribution in [0.1, 0.15) is 34.1 Å². The van der Waals surface area contributed by atoms with Crippen LogP contribution >= 0.6 is 0 Å². The van der Waals surface area contributed by atoms with Gasteiger partial charge < -0.3 is 16.0 Å². The zero-order valence-corrected chi connectivity index (χ0v) is 11.6. The molecular weight excluding hydrogens is 202 g/mol. The van der Waals surface area contributed by atoms with Crippen LogP contribution in [0.2, 0.25) is 0 Å². The van der Waals surface area contributed by atoms with Gasteiger partial charge in [0.25, 0.3) is 0 Å². The lowest BCUT2D eigenvalue weighted by Gasteiger charge is -2.36. The average Bonchev–Trinajstić information content (AvgIpc) is 2.09. The molecule has 0 unspecified atom stereocenters. The van der Waals surface area contributed by atoms with Gasteiger partial charge in [0.1, 0.15) is 0 Å². The second kappa shape index (κ2) is 5.64. The van der Waals surface area contributed by atoms with Gasteiger partial charge in [0.05, 0.1) is 5.41 Å². The zero-order valence-electron chi connectivity index (χ0n) is 11.6. The van der Waals surface area contributed by atoms with Crippen LogP contribution in [0, 0.1) is 5.41 Å². The molecule has 0 aromatic rings. The van der Waals surface area contributed by atoms with Crippen molar-refractivity contribution >= 4 is 5.91 Å². The zero-order chi connectivity index (χ0) is 13.0. The SMILES string of the molecule is CN(C)CCCNC(=O)C(C)(C)C(C)(C)N. The molecule has 0 aromatic heterocycles. The fourth-order valence-corrected chi connectivity index (χ4v) is 1.11. The van der Waals surface area contributed by atoms with Crippen LogP contribution in [0.5, 0.6) is 0 Å². The van der Waals surface area contributed by atoms with Gasteiger partial charge in [-0.25, -0.2) is 0 Å². The number of hydrogen-bond acceptors (Lipinski definition) is 3. The number of carbonyl (C=O) groups is 1. The van der Waals surface area contributed by atoms with Crippen molar-refractivity contribution in [3.8, 4) is 0 Å². The number of nitrogens with two attached hydrogens (primary N) is 1. The topological polar surface area (TPSA) is 58.4 Å². The van der Waals surface area contributed by atoms with Crippen molar-refractivity contribution in [2.45, 2.75) is 39.7 Å². The molecule has 0 fully saturated rings. The normalized spacial score (nSPS) is 13.0. The highest BCUT2D eigenvalue weighted by molar-refractivity contribution is 5.83. The molecule has 0 atom stereocenters. The van der Waals surface area contributed by atoms with E-state index in [9.17, 15) is 4.79 Å². The van der Waals surface area contributed by atoms with Gasteiger partial charge in [0, 0.05) is 12.1 Å². The molecule has 3 N–H and O–H groups in total. The fraction of sp³-hybridized carbons (Fsp3) is 0.917. The molecule has 0 rings (SSSR count). The van der Waals surface area contributed by atoms with Crippen molar-refractivity contribution in [3.63, 3.8) is 0 Å². The highest BCUT2D eigenvalue weighted by atomic mass is 16.2. The molecule has 0 aliphatic heterocycles. The van der Waals surface area contributed by atoms with Crippen molar-refractivity contribution in [1.29, 1.82) is 0 Å². The quantitative estimate of drug-likeness (QED) is 0.663. The monoisotopic (exact) mass is 229 g/mol. The molecular formula is C12H27N3O. The third-order valence-corrected chi connectivity index (χ3v) is 3.25. The van der Waals surface area contributed by atoms with Gasteiger partial charge in [0.15, 0.2) is 0 Å². The van der Waals surface area contributed by atoms with Gasteiger partial charge >= 0.3 is 0 Å². The first-order valence-corrected chi connectivity index (χ1v) is 5.81. The molecule has 1 amide bonds. The summed E-state index contributed by atoms with van der Waals surface area (Å²) < 4.78 is 0. The number of carbonyl (C=O) groups excluding carboxylic acids is 1. The van der Waals surface area contributed by atoms with Crippen molar-refractivity contribution in [3.05, 3.63) is 0 Å². The molecule has 4 nitrogen and oxygen atoms in total. The van der Waals surface area contributed by atoms with Crippen LogP contribution < -0.4 is 11.1 Å². The highest BCUT2D eigenvalue weighted by Gasteiger charge is 2.39. The van der Waals surface area contributed by atoms with Crippen LogP contribution in [-0.2, 0) is 4.79 Å². The summed E-state index contributed by atoms with van der Waals surface area (Å²) in [5, 5.41) is 2.94. The molecule has 0 radical (unpaired) electrons. The van der Waals surface area contributed by atoms with Gasteiger partial charge in [-0.3, -0.25) is 4.79 Å². The lowest BCUT2D eigenvalue weighted by molar-refractivity contribution is -0.132. The maximum atomic E-state index is 12.0. The molecule has 0 bridgehead atoms. The van der Waals surface area contributed by atoms with Gasteiger partial charge in [-0.05, 0) is 54.8 Å². The molecule has 0 heterocycles. The van der Waals surface area contributed by atoms with E-state index < -0.39 is 11.0 Å². The van der Waals surface area contributed by atoms with Crippen LogP contribution in [0.25, 0.3) is 0 Å². The van der Waals surface area contributed by atoms with Crippen molar-refractivity contribution in [2.75, 3.05) is 27.2 Å². The lowest BCUT2D eigenvalue weighted by atomic mass is 9.74. The Labute approximate surface area is 99.6 Å².